The van der Waals surface area contributed by atoms with Gasteiger partial charge in [0.15, 0.2) is 5.96 Å². The number of aliphatic imine (C=N–C) groups is 1. The van der Waals surface area contributed by atoms with Gasteiger partial charge in [-0.2, -0.15) is 0 Å². The van der Waals surface area contributed by atoms with Crippen molar-refractivity contribution < 1.29 is 0 Å². The summed E-state index contributed by atoms with van der Waals surface area (Å²) in [5.41, 5.74) is 1.28. The zero-order chi connectivity index (χ0) is 19.9. The molecule has 5 heteroatoms. The second-order valence-corrected chi connectivity index (χ2v) is 8.68. The van der Waals surface area contributed by atoms with E-state index in [1.165, 1.54) is 37.9 Å². The molecule has 3 fully saturated rings. The molecule has 1 aliphatic carbocycles. The summed E-state index contributed by atoms with van der Waals surface area (Å²) in [6.07, 6.45) is 8.67. The zero-order valence-corrected chi connectivity index (χ0v) is 18.0. The highest BCUT2D eigenvalue weighted by molar-refractivity contribution is 5.80. The first-order valence-electron chi connectivity index (χ1n) is 11.5. The number of hydrogen-bond acceptors (Lipinski definition) is 3. The van der Waals surface area contributed by atoms with E-state index >= 15 is 0 Å². The molecule has 1 atom stereocenters. The Labute approximate surface area is 176 Å². The first-order valence-corrected chi connectivity index (χ1v) is 11.5. The fourth-order valence-corrected chi connectivity index (χ4v) is 4.47. The summed E-state index contributed by atoms with van der Waals surface area (Å²) in [6, 6.07) is 11.5. The van der Waals surface area contributed by atoms with Gasteiger partial charge < -0.3 is 15.1 Å². The van der Waals surface area contributed by atoms with E-state index in [4.69, 9.17) is 4.99 Å². The van der Waals surface area contributed by atoms with Gasteiger partial charge in [-0.1, -0.05) is 42.5 Å². The maximum absolute atomic E-state index is 5.03. The van der Waals surface area contributed by atoms with Crippen LogP contribution >= 0.6 is 0 Å². The number of nitrogens with zero attached hydrogens (tertiary/aromatic N) is 4. The molecular formula is C24H37N5. The fourth-order valence-electron chi connectivity index (χ4n) is 4.47. The van der Waals surface area contributed by atoms with E-state index in [2.05, 4.69) is 69.4 Å². The highest BCUT2D eigenvalue weighted by atomic mass is 15.3. The summed E-state index contributed by atoms with van der Waals surface area (Å²) in [5.74, 6) is 1.87. The molecule has 4 rings (SSSR count). The molecule has 1 saturated carbocycles. The van der Waals surface area contributed by atoms with Crippen molar-refractivity contribution in [1.82, 2.24) is 20.0 Å². The summed E-state index contributed by atoms with van der Waals surface area (Å²) >= 11 is 0. The maximum Gasteiger partial charge on any atom is 0.194 e. The van der Waals surface area contributed by atoms with Crippen LogP contribution in [0.2, 0.25) is 0 Å². The molecule has 2 saturated heterocycles. The van der Waals surface area contributed by atoms with Gasteiger partial charge in [-0.05, 0) is 44.2 Å². The van der Waals surface area contributed by atoms with Crippen molar-refractivity contribution in [2.75, 3.05) is 58.9 Å². The molecule has 1 aromatic rings. The minimum Gasteiger partial charge on any atom is -0.357 e. The van der Waals surface area contributed by atoms with Crippen LogP contribution in [0.3, 0.4) is 0 Å². The number of benzene rings is 1. The van der Waals surface area contributed by atoms with E-state index in [1.54, 1.807) is 0 Å². The summed E-state index contributed by atoms with van der Waals surface area (Å²) < 4.78 is 0. The Morgan fingerprint density at radius 3 is 2.59 bits per heavy atom. The minimum absolute atomic E-state index is 0.744. The highest BCUT2D eigenvalue weighted by Crippen LogP contribution is 2.31. The van der Waals surface area contributed by atoms with Gasteiger partial charge in [0.1, 0.15) is 0 Å². The molecule has 2 aliphatic heterocycles. The average Bonchev–Trinajstić information content (AvgIpc) is 3.51. The predicted octanol–water partition coefficient (Wildman–Crippen LogP) is 2.77. The molecule has 0 bridgehead atoms. The Kier molecular flexibility index (Phi) is 7.23. The third-order valence-corrected chi connectivity index (χ3v) is 6.36. The van der Waals surface area contributed by atoms with Crippen LogP contribution in [0, 0.1) is 5.92 Å². The van der Waals surface area contributed by atoms with Crippen molar-refractivity contribution in [3.8, 4) is 0 Å². The molecule has 0 radical (unpaired) electrons. The number of rotatable bonds is 7. The van der Waals surface area contributed by atoms with E-state index in [0.29, 0.717) is 0 Å². The smallest absolute Gasteiger partial charge is 0.194 e. The molecule has 3 aliphatic rings. The van der Waals surface area contributed by atoms with Gasteiger partial charge in [0.05, 0.1) is 0 Å². The third kappa shape index (κ3) is 6.06. The fraction of sp³-hybridized carbons (Fsp3) is 0.625. The summed E-state index contributed by atoms with van der Waals surface area (Å²) in [5, 5.41) is 3.53. The number of hydrogen-bond donors (Lipinski definition) is 1. The first-order chi connectivity index (χ1) is 14.3. The van der Waals surface area contributed by atoms with Crippen LogP contribution in [0.4, 0.5) is 0 Å². The lowest BCUT2D eigenvalue weighted by Gasteiger charge is -2.36. The molecule has 158 valence electrons. The second-order valence-electron chi connectivity index (χ2n) is 8.68. The van der Waals surface area contributed by atoms with Crippen LogP contribution in [0.1, 0.15) is 31.7 Å². The zero-order valence-electron chi connectivity index (χ0n) is 18.0. The molecular weight excluding hydrogens is 358 g/mol. The van der Waals surface area contributed by atoms with Gasteiger partial charge in [-0.25, -0.2) is 0 Å². The summed E-state index contributed by atoms with van der Waals surface area (Å²) in [6.45, 7) is 12.0. The molecule has 1 N–H and O–H groups in total. The molecule has 2 heterocycles. The quantitative estimate of drug-likeness (QED) is 0.569. The lowest BCUT2D eigenvalue weighted by molar-refractivity contribution is 0.194. The highest BCUT2D eigenvalue weighted by Gasteiger charge is 2.34. The molecule has 1 unspecified atom stereocenters. The SMILES string of the molecule is CCNC(=NCC1CCN(C2CC2)C1)N1CCN(CC=Cc2ccccc2)CC1. The van der Waals surface area contributed by atoms with Gasteiger partial charge in [-0.15, -0.1) is 0 Å². The molecule has 0 amide bonds. The van der Waals surface area contributed by atoms with Crippen LogP contribution in [0.25, 0.3) is 6.08 Å². The topological polar surface area (TPSA) is 34.1 Å². The number of nitrogens with one attached hydrogen (secondary N) is 1. The van der Waals surface area contributed by atoms with Crippen molar-refractivity contribution in [3.63, 3.8) is 0 Å². The monoisotopic (exact) mass is 395 g/mol. The van der Waals surface area contributed by atoms with Crippen LogP contribution in [-0.4, -0.2) is 85.6 Å². The third-order valence-electron chi connectivity index (χ3n) is 6.36. The largest absolute Gasteiger partial charge is 0.357 e. The van der Waals surface area contributed by atoms with Crippen molar-refractivity contribution in [3.05, 3.63) is 42.0 Å². The van der Waals surface area contributed by atoms with Crippen LogP contribution < -0.4 is 5.32 Å². The number of guanidine groups is 1. The maximum atomic E-state index is 5.03. The van der Waals surface area contributed by atoms with Gasteiger partial charge in [0.25, 0.3) is 0 Å². The first kappa shape index (κ1) is 20.4. The summed E-state index contributed by atoms with van der Waals surface area (Å²) in [4.78, 5) is 12.7. The van der Waals surface area contributed by atoms with Gasteiger partial charge in [0, 0.05) is 58.4 Å². The van der Waals surface area contributed by atoms with Crippen molar-refractivity contribution in [1.29, 1.82) is 0 Å². The van der Waals surface area contributed by atoms with Gasteiger partial charge in [-0.3, -0.25) is 9.89 Å². The Bertz CT molecular complexity index is 674. The Balaban J connectivity index is 1.22. The van der Waals surface area contributed by atoms with E-state index < -0.39 is 0 Å². The van der Waals surface area contributed by atoms with Gasteiger partial charge >= 0.3 is 0 Å². The summed E-state index contributed by atoms with van der Waals surface area (Å²) in [7, 11) is 0. The van der Waals surface area contributed by atoms with E-state index in [0.717, 1.165) is 63.7 Å². The second kappa shape index (κ2) is 10.3. The normalized spacial score (nSPS) is 24.5. The molecule has 0 spiro atoms. The van der Waals surface area contributed by atoms with Crippen LogP contribution in [0.15, 0.2) is 41.4 Å². The lowest BCUT2D eigenvalue weighted by atomic mass is 10.1. The number of likely N-dealkylation sites (tertiary alicyclic amines) is 1. The molecule has 1 aromatic carbocycles. The number of piperazine rings is 1. The van der Waals surface area contributed by atoms with E-state index in [9.17, 15) is 0 Å². The van der Waals surface area contributed by atoms with Crippen molar-refractivity contribution in [2.45, 2.75) is 32.2 Å². The molecule has 0 aromatic heterocycles. The van der Waals surface area contributed by atoms with Crippen molar-refractivity contribution in [2.24, 2.45) is 10.9 Å². The lowest BCUT2D eigenvalue weighted by Crippen LogP contribution is -2.52. The Morgan fingerprint density at radius 2 is 1.86 bits per heavy atom. The molecule has 5 nitrogen and oxygen atoms in total. The van der Waals surface area contributed by atoms with Crippen molar-refractivity contribution >= 4 is 12.0 Å². The van der Waals surface area contributed by atoms with E-state index in [1.807, 2.05) is 0 Å². The average molecular weight is 396 g/mol. The van der Waals surface area contributed by atoms with Crippen LogP contribution in [0.5, 0.6) is 0 Å². The van der Waals surface area contributed by atoms with Gasteiger partial charge in [0.2, 0.25) is 0 Å². The molecule has 29 heavy (non-hydrogen) atoms. The van der Waals surface area contributed by atoms with Crippen LogP contribution in [-0.2, 0) is 0 Å². The Hall–Kier alpha value is -1.85. The minimum atomic E-state index is 0.744. The Morgan fingerprint density at radius 1 is 1.07 bits per heavy atom. The predicted molar refractivity (Wildman–Crippen MR) is 122 cm³/mol. The van der Waals surface area contributed by atoms with E-state index in [-0.39, 0.29) is 0 Å². The standard InChI is InChI=1S/C24H37N5/c1-2-25-24(26-19-22-12-14-29(20-22)23-10-11-23)28-17-15-27(16-18-28)13-6-9-21-7-4-3-5-8-21/h3-9,22-23H,2,10-20H2,1H3,(H,25,26).